The number of hydrogen-bond donors (Lipinski definition) is 1. The third-order valence-corrected chi connectivity index (χ3v) is 14.6. The van der Waals surface area contributed by atoms with Gasteiger partial charge in [-0.05, 0) is 111 Å². The van der Waals surface area contributed by atoms with Crippen molar-refractivity contribution in [2.45, 2.75) is 194 Å². The molecule has 4 saturated carbocycles. The van der Waals surface area contributed by atoms with Gasteiger partial charge in [0.1, 0.15) is 0 Å². The molecule has 0 amide bonds. The molecule has 0 aromatic rings. The maximum absolute atomic E-state index is 4.85. The number of nitrogens with zero attached hydrogens (tertiary/aromatic N) is 1. The van der Waals surface area contributed by atoms with Crippen LogP contribution in [0.25, 0.3) is 0 Å². The van der Waals surface area contributed by atoms with E-state index in [0.29, 0.717) is 12.0 Å². The van der Waals surface area contributed by atoms with Crippen LogP contribution in [-0.2, 0) is 0 Å². The first-order valence-corrected chi connectivity index (χ1v) is 21.8. The molecule has 2 nitrogen and oxygen atoms in total. The van der Waals surface area contributed by atoms with Gasteiger partial charge in [-0.2, -0.15) is 0 Å². The summed E-state index contributed by atoms with van der Waals surface area (Å²) in [7, 11) is 0. The third-order valence-electron chi connectivity index (χ3n) is 14.6. The topological polar surface area (TPSA) is 15.3 Å². The van der Waals surface area contributed by atoms with Crippen molar-refractivity contribution in [1.82, 2.24) is 10.2 Å². The van der Waals surface area contributed by atoms with Gasteiger partial charge in [-0.3, -0.25) is 0 Å². The number of nitrogens with one attached hydrogen (secondary N) is 1. The molecule has 0 spiro atoms. The fourth-order valence-corrected chi connectivity index (χ4v) is 11.6. The molecular formula is C45H80N2. The van der Waals surface area contributed by atoms with Gasteiger partial charge in [0, 0.05) is 30.5 Å². The Balaban J connectivity index is 1.31. The van der Waals surface area contributed by atoms with E-state index in [-0.39, 0.29) is 0 Å². The largest absolute Gasteiger partial charge is 0.386 e. The lowest BCUT2D eigenvalue weighted by atomic mass is 9.62. The lowest BCUT2D eigenvalue weighted by Crippen LogP contribution is -2.48. The Hall–Kier alpha value is -0.920. The minimum Gasteiger partial charge on any atom is -0.386 e. The van der Waals surface area contributed by atoms with Gasteiger partial charge in [0.05, 0.1) is 0 Å². The lowest BCUT2D eigenvalue weighted by Gasteiger charge is -2.47. The van der Waals surface area contributed by atoms with Crippen LogP contribution in [0.15, 0.2) is 24.6 Å². The first-order chi connectivity index (χ1) is 22.9. The van der Waals surface area contributed by atoms with Crippen LogP contribution in [-0.4, -0.2) is 24.0 Å². The van der Waals surface area contributed by atoms with Gasteiger partial charge >= 0.3 is 0 Å². The maximum atomic E-state index is 4.85. The van der Waals surface area contributed by atoms with E-state index < -0.39 is 0 Å². The van der Waals surface area contributed by atoms with Gasteiger partial charge in [0.2, 0.25) is 0 Å². The number of unbranched alkanes of at least 4 members (excludes halogenated alkanes) is 4. The molecule has 0 aromatic heterocycles. The molecule has 1 aliphatic heterocycles. The summed E-state index contributed by atoms with van der Waals surface area (Å²) in [6.07, 6.45) is 37.2. The molecule has 5 fully saturated rings. The Kier molecular flexibility index (Phi) is 15.5. The van der Waals surface area contributed by atoms with Crippen molar-refractivity contribution in [2.75, 3.05) is 13.1 Å². The van der Waals surface area contributed by atoms with Crippen LogP contribution in [0.2, 0.25) is 0 Å². The summed E-state index contributed by atoms with van der Waals surface area (Å²) >= 11 is 0. The maximum Gasteiger partial charge on any atom is 0.0314 e. The van der Waals surface area contributed by atoms with E-state index in [1.54, 1.807) is 6.42 Å². The van der Waals surface area contributed by atoms with Gasteiger partial charge in [-0.1, -0.05) is 143 Å². The van der Waals surface area contributed by atoms with Crippen molar-refractivity contribution in [3.05, 3.63) is 24.6 Å². The van der Waals surface area contributed by atoms with Crippen LogP contribution in [0.4, 0.5) is 0 Å². The number of likely N-dealkylation sites (tertiary alicyclic amines) is 1. The molecule has 0 bridgehead atoms. The normalized spacial score (nSPS) is 34.4. The summed E-state index contributed by atoms with van der Waals surface area (Å²) in [5.74, 6) is 7.91. The Bertz CT molecular complexity index is 913. The van der Waals surface area contributed by atoms with Gasteiger partial charge in [0.15, 0.2) is 0 Å². The van der Waals surface area contributed by atoms with Crippen LogP contribution in [0, 0.1) is 53.3 Å². The predicted octanol–water partition coefficient (Wildman–Crippen LogP) is 13.1. The lowest BCUT2D eigenvalue weighted by molar-refractivity contribution is 0.0712. The van der Waals surface area contributed by atoms with E-state index in [1.165, 1.54) is 185 Å². The summed E-state index contributed by atoms with van der Waals surface area (Å²) in [4.78, 5) is 2.66. The quantitative estimate of drug-likeness (QED) is 0.149. The molecule has 0 aromatic carbocycles. The molecule has 0 radical (unpaired) electrons. The Morgan fingerprint density at radius 1 is 0.660 bits per heavy atom. The predicted molar refractivity (Wildman–Crippen MR) is 205 cm³/mol. The molecule has 5 unspecified atom stereocenters. The second-order valence-corrected chi connectivity index (χ2v) is 18.3. The fourth-order valence-electron chi connectivity index (χ4n) is 11.6. The van der Waals surface area contributed by atoms with E-state index in [9.17, 15) is 0 Å². The second-order valence-electron chi connectivity index (χ2n) is 18.3. The molecule has 270 valence electrons. The van der Waals surface area contributed by atoms with Crippen molar-refractivity contribution in [3.63, 3.8) is 0 Å². The highest BCUT2D eigenvalue weighted by molar-refractivity contribution is 5.07. The zero-order valence-electron chi connectivity index (χ0n) is 31.9. The van der Waals surface area contributed by atoms with Gasteiger partial charge in [0.25, 0.3) is 0 Å². The fraction of sp³-hybridized carbons (Fsp3) is 0.911. The average molecular weight is 649 g/mol. The first kappa shape index (κ1) is 37.3. The minimum atomic E-state index is 0.614. The molecule has 2 heteroatoms. The molecule has 9 atom stereocenters. The molecule has 1 heterocycles. The zero-order valence-corrected chi connectivity index (χ0v) is 31.9. The molecule has 1 N–H and O–H groups in total. The van der Waals surface area contributed by atoms with Gasteiger partial charge in [-0.25, -0.2) is 0 Å². The molecule has 5 rings (SSSR count). The zero-order chi connectivity index (χ0) is 33.0. The highest BCUT2D eigenvalue weighted by Crippen LogP contribution is 2.48. The van der Waals surface area contributed by atoms with E-state index in [0.717, 1.165) is 47.3 Å². The molecule has 47 heavy (non-hydrogen) atoms. The number of hydrogen-bond acceptors (Lipinski definition) is 2. The number of rotatable bonds is 18. The first-order valence-electron chi connectivity index (χ1n) is 21.8. The summed E-state index contributed by atoms with van der Waals surface area (Å²) in [5, 5.41) is 4.29. The van der Waals surface area contributed by atoms with Crippen molar-refractivity contribution in [2.24, 2.45) is 53.3 Å². The van der Waals surface area contributed by atoms with E-state index >= 15 is 0 Å². The summed E-state index contributed by atoms with van der Waals surface area (Å²) < 4.78 is 0. The molecule has 5 aliphatic rings. The van der Waals surface area contributed by atoms with Crippen molar-refractivity contribution in [3.8, 4) is 0 Å². The van der Waals surface area contributed by atoms with Crippen LogP contribution >= 0.6 is 0 Å². The van der Waals surface area contributed by atoms with Crippen LogP contribution < -0.4 is 5.32 Å². The van der Waals surface area contributed by atoms with Crippen LogP contribution in [0.1, 0.15) is 188 Å². The molecule has 1 saturated heterocycles. The van der Waals surface area contributed by atoms with Crippen molar-refractivity contribution >= 4 is 0 Å². The third kappa shape index (κ3) is 11.3. The standard InChI is InChI=1S/C45H80N2/c1-6-7-8-9-11-20-36(4)46-45-43(32-41-25-17-16-24-40(41)31-39-23-15-14-19-35(39)3)28-34(2)29-44(45)33-42(37(5)47-26-18-27-47)30-38-21-12-10-13-22-38/h34-35,38-46H,4-33H2,1-3H3/t34-,35?,39?,40?,41-,42?,43-,44+,45?/m0/s1. The van der Waals surface area contributed by atoms with Crippen LogP contribution in [0.5, 0.6) is 0 Å². The van der Waals surface area contributed by atoms with E-state index in [2.05, 4.69) is 31.0 Å². The van der Waals surface area contributed by atoms with Crippen molar-refractivity contribution < 1.29 is 0 Å². The highest BCUT2D eigenvalue weighted by Gasteiger charge is 2.41. The van der Waals surface area contributed by atoms with E-state index in [4.69, 9.17) is 13.2 Å². The minimum absolute atomic E-state index is 0.614. The van der Waals surface area contributed by atoms with E-state index in [1.807, 2.05) is 0 Å². The Morgan fingerprint density at radius 3 is 1.94 bits per heavy atom. The SMILES string of the molecule is C=C(CCCCCCC)NC1[C@@H](CC(CC2CCCCC2)C(=C)N2CCC2)C[C@@H](C)C[C@H]1C[C@@H]1CCCCC1CC1CCCCC1C. The number of allylic oxidation sites excluding steroid dienone is 2. The van der Waals surface area contributed by atoms with Gasteiger partial charge < -0.3 is 10.2 Å². The van der Waals surface area contributed by atoms with Crippen molar-refractivity contribution in [1.29, 1.82) is 0 Å². The monoisotopic (exact) mass is 649 g/mol. The molecular weight excluding hydrogens is 569 g/mol. The highest BCUT2D eigenvalue weighted by atomic mass is 15.2. The second kappa shape index (κ2) is 19.5. The van der Waals surface area contributed by atoms with Crippen LogP contribution in [0.3, 0.4) is 0 Å². The smallest absolute Gasteiger partial charge is 0.0314 e. The average Bonchev–Trinajstić information content (AvgIpc) is 3.04. The molecule has 4 aliphatic carbocycles. The summed E-state index contributed by atoms with van der Waals surface area (Å²) in [5.41, 5.74) is 2.87. The Labute approximate surface area is 294 Å². The summed E-state index contributed by atoms with van der Waals surface area (Å²) in [6, 6.07) is 0.614. The van der Waals surface area contributed by atoms with Gasteiger partial charge in [-0.15, -0.1) is 0 Å². The summed E-state index contributed by atoms with van der Waals surface area (Å²) in [6.45, 7) is 19.6. The Morgan fingerprint density at radius 2 is 1.28 bits per heavy atom.